The maximum atomic E-state index is 11.7. The van der Waals surface area contributed by atoms with Crippen LogP contribution in [-0.4, -0.2) is 32.3 Å². The lowest BCUT2D eigenvalue weighted by molar-refractivity contribution is -0.119. The van der Waals surface area contributed by atoms with Crippen LogP contribution in [0.2, 0.25) is 0 Å². The van der Waals surface area contributed by atoms with Crippen molar-refractivity contribution in [3.8, 4) is 0 Å². The molecule has 0 aromatic heterocycles. The molecule has 0 unspecified atom stereocenters. The van der Waals surface area contributed by atoms with Crippen LogP contribution in [0, 0.1) is 5.92 Å². The molecule has 1 amide bonds. The van der Waals surface area contributed by atoms with Gasteiger partial charge in [-0.15, -0.1) is 0 Å². The zero-order valence-corrected chi connectivity index (χ0v) is 13.0. The minimum absolute atomic E-state index is 0.00761. The molecule has 0 aliphatic rings. The van der Waals surface area contributed by atoms with Gasteiger partial charge in [0.25, 0.3) is 0 Å². The standard InChI is InChI=1S/C14H19BrN2O2/c1-10(2)7-16-14(19)8-17(3)12-5-4-11(9-18)13(15)6-12/h4-6,9-10H,7-8H2,1-3H3,(H,16,19). The highest BCUT2D eigenvalue weighted by molar-refractivity contribution is 9.10. The number of hydrogen-bond donors (Lipinski definition) is 1. The van der Waals surface area contributed by atoms with Gasteiger partial charge in [-0.05, 0) is 40.0 Å². The molecule has 1 aromatic rings. The fraction of sp³-hybridized carbons (Fsp3) is 0.429. The van der Waals surface area contributed by atoms with Gasteiger partial charge in [-0.25, -0.2) is 0 Å². The molecular formula is C14H19BrN2O2. The molecule has 0 atom stereocenters. The van der Waals surface area contributed by atoms with Gasteiger partial charge in [0.05, 0.1) is 6.54 Å². The third-order valence-electron chi connectivity index (χ3n) is 2.64. The van der Waals surface area contributed by atoms with Crippen LogP contribution in [0.1, 0.15) is 24.2 Å². The molecule has 0 radical (unpaired) electrons. The average Bonchev–Trinajstić information content (AvgIpc) is 2.36. The predicted octanol–water partition coefficient (Wildman–Crippen LogP) is 2.47. The number of amides is 1. The Balaban J connectivity index is 2.62. The summed E-state index contributed by atoms with van der Waals surface area (Å²) < 4.78 is 0.731. The average molecular weight is 327 g/mol. The second-order valence-corrected chi connectivity index (χ2v) is 5.73. The molecule has 1 aromatic carbocycles. The minimum Gasteiger partial charge on any atom is -0.365 e. The van der Waals surface area contributed by atoms with Crippen LogP contribution in [0.5, 0.6) is 0 Å². The van der Waals surface area contributed by atoms with E-state index in [1.165, 1.54) is 0 Å². The van der Waals surface area contributed by atoms with Gasteiger partial charge in [0, 0.05) is 29.3 Å². The number of hydrogen-bond acceptors (Lipinski definition) is 3. The molecule has 0 saturated heterocycles. The number of benzene rings is 1. The summed E-state index contributed by atoms with van der Waals surface area (Å²) in [6.45, 7) is 5.08. The number of nitrogens with one attached hydrogen (secondary N) is 1. The summed E-state index contributed by atoms with van der Waals surface area (Å²) in [5.74, 6) is 0.432. The molecule has 0 aliphatic carbocycles. The molecule has 0 fully saturated rings. The van der Waals surface area contributed by atoms with Gasteiger partial charge in [0.1, 0.15) is 0 Å². The Hall–Kier alpha value is -1.36. The first kappa shape index (κ1) is 15.7. The van der Waals surface area contributed by atoms with Crippen LogP contribution in [0.25, 0.3) is 0 Å². The smallest absolute Gasteiger partial charge is 0.239 e. The van der Waals surface area contributed by atoms with Crippen LogP contribution in [-0.2, 0) is 4.79 Å². The van der Waals surface area contributed by atoms with Crippen LogP contribution < -0.4 is 10.2 Å². The van der Waals surface area contributed by atoms with Gasteiger partial charge in [0.2, 0.25) is 5.91 Å². The minimum atomic E-state index is -0.00761. The highest BCUT2D eigenvalue weighted by atomic mass is 79.9. The third kappa shape index (κ3) is 5.03. The van der Waals surface area contributed by atoms with Crippen molar-refractivity contribution in [1.82, 2.24) is 5.32 Å². The number of carbonyl (C=O) groups excluding carboxylic acids is 2. The molecule has 4 nitrogen and oxygen atoms in total. The summed E-state index contributed by atoms with van der Waals surface area (Å²) in [4.78, 5) is 24.3. The van der Waals surface area contributed by atoms with Crippen molar-refractivity contribution >= 4 is 33.8 Å². The molecule has 0 spiro atoms. The lowest BCUT2D eigenvalue weighted by Gasteiger charge is -2.19. The summed E-state index contributed by atoms with van der Waals surface area (Å²) in [6, 6.07) is 5.39. The molecule has 19 heavy (non-hydrogen) atoms. The number of likely N-dealkylation sites (N-methyl/N-ethyl adjacent to an activating group) is 1. The number of halogens is 1. The van der Waals surface area contributed by atoms with Crippen LogP contribution in [0.15, 0.2) is 22.7 Å². The molecule has 0 bridgehead atoms. The van der Waals surface area contributed by atoms with Crippen molar-refractivity contribution < 1.29 is 9.59 Å². The van der Waals surface area contributed by atoms with E-state index >= 15 is 0 Å². The van der Waals surface area contributed by atoms with Gasteiger partial charge in [-0.2, -0.15) is 0 Å². The number of rotatable bonds is 6. The monoisotopic (exact) mass is 326 g/mol. The Morgan fingerprint density at radius 2 is 2.16 bits per heavy atom. The van der Waals surface area contributed by atoms with Gasteiger partial charge in [-0.3, -0.25) is 9.59 Å². The Bertz CT molecular complexity index is 461. The Labute approximate surface area is 122 Å². The number of carbonyl (C=O) groups is 2. The second kappa shape index (κ2) is 7.28. The highest BCUT2D eigenvalue weighted by Gasteiger charge is 2.09. The van der Waals surface area contributed by atoms with E-state index in [-0.39, 0.29) is 5.91 Å². The molecule has 1 rings (SSSR count). The van der Waals surface area contributed by atoms with Gasteiger partial charge in [0.15, 0.2) is 6.29 Å². The Morgan fingerprint density at radius 3 is 2.68 bits per heavy atom. The van der Waals surface area contributed by atoms with Crippen molar-refractivity contribution in [2.24, 2.45) is 5.92 Å². The zero-order chi connectivity index (χ0) is 14.4. The van der Waals surface area contributed by atoms with Gasteiger partial charge < -0.3 is 10.2 Å². The summed E-state index contributed by atoms with van der Waals surface area (Å²) in [5, 5.41) is 2.87. The molecular weight excluding hydrogens is 308 g/mol. The first-order valence-electron chi connectivity index (χ1n) is 6.16. The largest absolute Gasteiger partial charge is 0.365 e. The fourth-order valence-corrected chi connectivity index (χ4v) is 1.99. The summed E-state index contributed by atoms with van der Waals surface area (Å²) in [6.07, 6.45) is 0.795. The van der Waals surface area contributed by atoms with E-state index in [9.17, 15) is 9.59 Å². The number of aldehydes is 1. The quantitative estimate of drug-likeness (QED) is 0.817. The van der Waals surface area contributed by atoms with Crippen molar-refractivity contribution in [1.29, 1.82) is 0 Å². The van der Waals surface area contributed by atoms with Crippen molar-refractivity contribution in [2.75, 3.05) is 25.0 Å². The fourth-order valence-electron chi connectivity index (χ4n) is 1.53. The first-order chi connectivity index (χ1) is 8.93. The Morgan fingerprint density at radius 1 is 1.47 bits per heavy atom. The topological polar surface area (TPSA) is 49.4 Å². The first-order valence-corrected chi connectivity index (χ1v) is 6.96. The molecule has 0 heterocycles. The van der Waals surface area contributed by atoms with Gasteiger partial charge >= 0.3 is 0 Å². The molecule has 1 N–H and O–H groups in total. The van der Waals surface area contributed by atoms with E-state index in [4.69, 9.17) is 0 Å². The van der Waals surface area contributed by atoms with E-state index in [2.05, 4.69) is 35.1 Å². The van der Waals surface area contributed by atoms with E-state index in [1.54, 1.807) is 6.07 Å². The van der Waals surface area contributed by atoms with E-state index in [1.807, 2.05) is 24.1 Å². The normalized spacial score (nSPS) is 10.4. The number of anilines is 1. The maximum absolute atomic E-state index is 11.7. The predicted molar refractivity (Wildman–Crippen MR) is 80.6 cm³/mol. The zero-order valence-electron chi connectivity index (χ0n) is 11.4. The summed E-state index contributed by atoms with van der Waals surface area (Å²) in [7, 11) is 1.84. The molecule has 5 heteroatoms. The number of nitrogens with zero attached hydrogens (tertiary/aromatic N) is 1. The van der Waals surface area contributed by atoms with Crippen LogP contribution in [0.3, 0.4) is 0 Å². The van der Waals surface area contributed by atoms with Crippen molar-refractivity contribution in [3.63, 3.8) is 0 Å². The van der Waals surface area contributed by atoms with Gasteiger partial charge in [-0.1, -0.05) is 13.8 Å². The third-order valence-corrected chi connectivity index (χ3v) is 3.33. The molecule has 0 saturated carbocycles. The second-order valence-electron chi connectivity index (χ2n) is 4.88. The van der Waals surface area contributed by atoms with Crippen LogP contribution >= 0.6 is 15.9 Å². The van der Waals surface area contributed by atoms with Crippen LogP contribution in [0.4, 0.5) is 5.69 Å². The van der Waals surface area contributed by atoms with Crippen molar-refractivity contribution in [2.45, 2.75) is 13.8 Å². The lowest BCUT2D eigenvalue weighted by Crippen LogP contribution is -2.36. The van der Waals surface area contributed by atoms with Crippen molar-refractivity contribution in [3.05, 3.63) is 28.2 Å². The molecule has 104 valence electrons. The SMILES string of the molecule is CC(C)CNC(=O)CN(C)c1ccc(C=O)c(Br)c1. The Kier molecular flexibility index (Phi) is 6.02. The molecule has 0 aliphatic heterocycles. The van der Waals surface area contributed by atoms with E-state index in [0.29, 0.717) is 24.6 Å². The summed E-state index contributed by atoms with van der Waals surface area (Å²) in [5.41, 5.74) is 1.48. The van der Waals surface area contributed by atoms with E-state index < -0.39 is 0 Å². The maximum Gasteiger partial charge on any atom is 0.239 e. The van der Waals surface area contributed by atoms with E-state index in [0.717, 1.165) is 16.4 Å². The lowest BCUT2D eigenvalue weighted by atomic mass is 10.2. The highest BCUT2D eigenvalue weighted by Crippen LogP contribution is 2.22. The summed E-state index contributed by atoms with van der Waals surface area (Å²) >= 11 is 3.33.